The highest BCUT2D eigenvalue weighted by molar-refractivity contribution is 5.79. The minimum Gasteiger partial charge on any atom is -0.356 e. The van der Waals surface area contributed by atoms with Crippen molar-refractivity contribution in [3.63, 3.8) is 0 Å². The predicted octanol–water partition coefficient (Wildman–Crippen LogP) is 4.03. The summed E-state index contributed by atoms with van der Waals surface area (Å²) >= 11 is 0. The lowest BCUT2D eigenvalue weighted by Gasteiger charge is -2.12. The van der Waals surface area contributed by atoms with E-state index in [0.29, 0.717) is 11.3 Å². The summed E-state index contributed by atoms with van der Waals surface area (Å²) in [4.78, 5) is 10.6. The summed E-state index contributed by atoms with van der Waals surface area (Å²) in [7, 11) is 0. The van der Waals surface area contributed by atoms with Crippen LogP contribution in [0.3, 0.4) is 0 Å². The molecule has 2 aromatic carbocycles. The van der Waals surface area contributed by atoms with Crippen molar-refractivity contribution in [3.05, 3.63) is 71.6 Å². The number of halogens is 1. The number of hydrogen-bond acceptors (Lipinski definition) is 2. The van der Waals surface area contributed by atoms with Crippen molar-refractivity contribution < 1.29 is 9.18 Å². The fourth-order valence-electron chi connectivity index (χ4n) is 1.81. The lowest BCUT2D eigenvalue weighted by atomic mass is 10.1. The molecule has 0 aliphatic heterocycles. The number of rotatable bonds is 4. The van der Waals surface area contributed by atoms with E-state index < -0.39 is 0 Å². The first-order valence-electron chi connectivity index (χ1n) is 5.88. The van der Waals surface area contributed by atoms with Crippen molar-refractivity contribution in [2.45, 2.75) is 6.92 Å². The maximum atomic E-state index is 13.2. The molecule has 3 heteroatoms. The van der Waals surface area contributed by atoms with Gasteiger partial charge in [0, 0.05) is 22.5 Å². The van der Waals surface area contributed by atoms with Gasteiger partial charge in [-0.3, -0.25) is 4.79 Å². The smallest absolute Gasteiger partial charge is 0.150 e. The Labute approximate surface area is 111 Å². The Hall–Kier alpha value is -2.42. The molecule has 0 spiro atoms. The van der Waals surface area contributed by atoms with Gasteiger partial charge in [-0.05, 0) is 48.9 Å². The highest BCUT2D eigenvalue weighted by Gasteiger charge is 2.05. The molecular formula is C16H14FNO. The van der Waals surface area contributed by atoms with Crippen LogP contribution in [0, 0.1) is 12.7 Å². The molecule has 0 aromatic heterocycles. The van der Waals surface area contributed by atoms with Crippen molar-refractivity contribution in [1.29, 1.82) is 0 Å². The normalized spacial score (nSPS) is 10.0. The molecule has 0 fully saturated rings. The summed E-state index contributed by atoms with van der Waals surface area (Å²) in [6.07, 6.45) is 0.787. The van der Waals surface area contributed by atoms with Gasteiger partial charge < -0.3 is 5.32 Å². The van der Waals surface area contributed by atoms with Crippen molar-refractivity contribution in [2.75, 3.05) is 5.32 Å². The lowest BCUT2D eigenvalue weighted by molar-refractivity contribution is 0.112. The summed E-state index contributed by atoms with van der Waals surface area (Å²) < 4.78 is 13.2. The van der Waals surface area contributed by atoms with E-state index in [-0.39, 0.29) is 5.82 Å². The molecule has 0 aliphatic carbocycles. The summed E-state index contributed by atoms with van der Waals surface area (Å²) in [6.45, 7) is 5.82. The molecule has 2 nitrogen and oxygen atoms in total. The molecule has 96 valence electrons. The quantitative estimate of drug-likeness (QED) is 0.836. The molecule has 0 bridgehead atoms. The Morgan fingerprint density at radius 1 is 1.21 bits per heavy atom. The van der Waals surface area contributed by atoms with Crippen molar-refractivity contribution in [1.82, 2.24) is 0 Å². The molecule has 0 atom stereocenters. The molecule has 19 heavy (non-hydrogen) atoms. The average molecular weight is 255 g/mol. The second kappa shape index (κ2) is 5.48. The lowest BCUT2D eigenvalue weighted by Crippen LogP contribution is -2.00. The van der Waals surface area contributed by atoms with Crippen LogP contribution in [0.5, 0.6) is 0 Å². The minimum atomic E-state index is -0.292. The van der Waals surface area contributed by atoms with Crippen LogP contribution in [0.1, 0.15) is 21.5 Å². The van der Waals surface area contributed by atoms with Gasteiger partial charge in [0.25, 0.3) is 0 Å². The number of hydrogen-bond donors (Lipinski definition) is 1. The van der Waals surface area contributed by atoms with Gasteiger partial charge in [-0.1, -0.05) is 12.6 Å². The fourth-order valence-corrected chi connectivity index (χ4v) is 1.81. The zero-order chi connectivity index (χ0) is 13.8. The molecule has 0 unspecified atom stereocenters. The predicted molar refractivity (Wildman–Crippen MR) is 75.6 cm³/mol. The van der Waals surface area contributed by atoms with E-state index in [9.17, 15) is 9.18 Å². The number of benzene rings is 2. The molecular weight excluding hydrogens is 241 g/mol. The monoisotopic (exact) mass is 255 g/mol. The van der Waals surface area contributed by atoms with Crippen LogP contribution in [0.4, 0.5) is 10.1 Å². The molecule has 2 rings (SSSR count). The number of aryl methyl sites for hydroxylation is 1. The Balaban J connectivity index is 2.20. The summed E-state index contributed by atoms with van der Waals surface area (Å²) in [6, 6.07) is 11.6. The summed E-state index contributed by atoms with van der Waals surface area (Å²) in [5.74, 6) is -0.292. The van der Waals surface area contributed by atoms with E-state index in [0.717, 1.165) is 23.1 Å². The first kappa shape index (κ1) is 13.0. The topological polar surface area (TPSA) is 29.1 Å². The van der Waals surface area contributed by atoms with E-state index in [2.05, 4.69) is 11.9 Å². The second-order valence-electron chi connectivity index (χ2n) is 4.30. The zero-order valence-electron chi connectivity index (χ0n) is 10.6. The largest absolute Gasteiger partial charge is 0.356 e. The van der Waals surface area contributed by atoms with Gasteiger partial charge in [0.1, 0.15) is 12.1 Å². The van der Waals surface area contributed by atoms with Gasteiger partial charge in [-0.15, -0.1) is 0 Å². The van der Waals surface area contributed by atoms with Crippen molar-refractivity contribution >= 4 is 17.7 Å². The van der Waals surface area contributed by atoms with E-state index in [1.165, 1.54) is 12.1 Å². The van der Waals surface area contributed by atoms with E-state index in [4.69, 9.17) is 0 Å². The van der Waals surface area contributed by atoms with E-state index >= 15 is 0 Å². The first-order valence-corrected chi connectivity index (χ1v) is 5.88. The molecule has 0 saturated heterocycles. The molecule has 0 aliphatic rings. The Morgan fingerprint density at radius 2 is 1.89 bits per heavy atom. The SMILES string of the molecule is C=C(Nc1ccc(C=O)cc1)c1cc(F)ccc1C. The van der Waals surface area contributed by atoms with Crippen LogP contribution in [0.15, 0.2) is 49.0 Å². The third-order valence-electron chi connectivity index (χ3n) is 2.87. The van der Waals surface area contributed by atoms with Crippen LogP contribution in [-0.4, -0.2) is 6.29 Å². The van der Waals surface area contributed by atoms with Crippen LogP contribution >= 0.6 is 0 Å². The van der Waals surface area contributed by atoms with Crippen LogP contribution in [0.2, 0.25) is 0 Å². The van der Waals surface area contributed by atoms with Crippen molar-refractivity contribution in [3.8, 4) is 0 Å². The maximum Gasteiger partial charge on any atom is 0.150 e. The Bertz CT molecular complexity index is 617. The first-order chi connectivity index (χ1) is 9.10. The standard InChI is InChI=1S/C16H14FNO/c1-11-3-6-14(17)9-16(11)12(2)18-15-7-4-13(10-19)5-8-15/h3-10,18H,2H2,1H3. The van der Waals surface area contributed by atoms with Gasteiger partial charge in [0.2, 0.25) is 0 Å². The number of nitrogens with one attached hydrogen (secondary N) is 1. The average Bonchev–Trinajstić information content (AvgIpc) is 2.42. The number of carbonyl (C=O) groups excluding carboxylic acids is 1. The number of carbonyl (C=O) groups is 1. The molecule has 1 N–H and O–H groups in total. The summed E-state index contributed by atoms with van der Waals surface area (Å²) in [5.41, 5.74) is 3.72. The summed E-state index contributed by atoms with van der Waals surface area (Å²) in [5, 5.41) is 3.10. The highest BCUT2D eigenvalue weighted by Crippen LogP contribution is 2.21. The van der Waals surface area contributed by atoms with Crippen LogP contribution < -0.4 is 5.32 Å². The molecule has 0 saturated carbocycles. The fraction of sp³-hybridized carbons (Fsp3) is 0.0625. The van der Waals surface area contributed by atoms with E-state index in [1.807, 2.05) is 6.92 Å². The van der Waals surface area contributed by atoms with Crippen LogP contribution in [0.25, 0.3) is 5.70 Å². The van der Waals surface area contributed by atoms with Gasteiger partial charge in [0.15, 0.2) is 0 Å². The highest BCUT2D eigenvalue weighted by atomic mass is 19.1. The van der Waals surface area contributed by atoms with Gasteiger partial charge >= 0.3 is 0 Å². The Kier molecular flexibility index (Phi) is 3.76. The number of aldehydes is 1. The van der Waals surface area contributed by atoms with Gasteiger partial charge in [-0.2, -0.15) is 0 Å². The maximum absolute atomic E-state index is 13.2. The zero-order valence-corrected chi connectivity index (χ0v) is 10.6. The van der Waals surface area contributed by atoms with E-state index in [1.54, 1.807) is 30.3 Å². The second-order valence-corrected chi connectivity index (χ2v) is 4.30. The Morgan fingerprint density at radius 3 is 2.53 bits per heavy atom. The van der Waals surface area contributed by atoms with Gasteiger partial charge in [-0.25, -0.2) is 4.39 Å². The van der Waals surface area contributed by atoms with Gasteiger partial charge in [0.05, 0.1) is 0 Å². The molecule has 0 heterocycles. The third kappa shape index (κ3) is 3.07. The third-order valence-corrected chi connectivity index (χ3v) is 2.87. The molecule has 0 amide bonds. The minimum absolute atomic E-state index is 0.292. The van der Waals surface area contributed by atoms with Crippen molar-refractivity contribution in [2.24, 2.45) is 0 Å². The molecule has 0 radical (unpaired) electrons. The number of anilines is 1. The molecule has 2 aromatic rings. The van der Waals surface area contributed by atoms with Crippen LogP contribution in [-0.2, 0) is 0 Å².